The predicted molar refractivity (Wildman–Crippen MR) is 118 cm³/mol. The van der Waals surface area contributed by atoms with Gasteiger partial charge >= 0.3 is 0 Å². The van der Waals surface area contributed by atoms with Crippen LogP contribution >= 0.6 is 0 Å². The van der Waals surface area contributed by atoms with Gasteiger partial charge in [-0.15, -0.1) is 0 Å². The van der Waals surface area contributed by atoms with Gasteiger partial charge in [0.2, 0.25) is 5.95 Å². The summed E-state index contributed by atoms with van der Waals surface area (Å²) in [7, 11) is 0. The lowest BCUT2D eigenvalue weighted by Gasteiger charge is -2.27. The Balaban J connectivity index is 1.49. The van der Waals surface area contributed by atoms with Gasteiger partial charge in [0.1, 0.15) is 5.75 Å². The third kappa shape index (κ3) is 3.56. The third-order valence-electron chi connectivity index (χ3n) is 5.55. The fourth-order valence-electron chi connectivity index (χ4n) is 3.92. The van der Waals surface area contributed by atoms with E-state index in [0.29, 0.717) is 23.6 Å². The van der Waals surface area contributed by atoms with Gasteiger partial charge < -0.3 is 10.1 Å². The van der Waals surface area contributed by atoms with Crippen molar-refractivity contribution in [1.29, 1.82) is 0 Å². The molecule has 5 rings (SSSR count). The monoisotopic (exact) mass is 415 g/mol. The summed E-state index contributed by atoms with van der Waals surface area (Å²) in [5.41, 5.74) is 0.952. The third-order valence-corrected chi connectivity index (χ3v) is 5.55. The molecule has 0 spiro atoms. The SMILES string of the molecule is C[C@H](c1cc(=O)[nH]c(N[C@H]2CCOc3ccccc32)n1)n1ncc2ccccc2c1=O. The predicted octanol–water partition coefficient (Wildman–Crippen LogP) is 3.02. The molecule has 0 aliphatic carbocycles. The minimum absolute atomic E-state index is 0.0415. The lowest BCUT2D eigenvalue weighted by molar-refractivity contribution is 0.274. The van der Waals surface area contributed by atoms with Crippen LogP contribution in [0.25, 0.3) is 10.8 Å². The number of anilines is 1. The maximum Gasteiger partial charge on any atom is 0.275 e. The zero-order valence-electron chi connectivity index (χ0n) is 16.9. The molecule has 4 aromatic rings. The number of nitrogens with zero attached hydrogens (tertiary/aromatic N) is 3. The van der Waals surface area contributed by atoms with Crippen molar-refractivity contribution in [3.05, 3.63) is 92.8 Å². The number of H-pyrrole nitrogens is 1. The Bertz CT molecular complexity index is 1380. The molecule has 0 amide bonds. The maximum absolute atomic E-state index is 12.9. The molecule has 2 N–H and O–H groups in total. The molecular formula is C23H21N5O3. The second-order valence-electron chi connectivity index (χ2n) is 7.55. The van der Waals surface area contributed by atoms with Crippen molar-refractivity contribution in [3.63, 3.8) is 0 Å². The molecule has 2 atom stereocenters. The molecule has 0 unspecified atom stereocenters. The number of hydrogen-bond acceptors (Lipinski definition) is 6. The summed E-state index contributed by atoms with van der Waals surface area (Å²) in [6.07, 6.45) is 2.39. The fraction of sp³-hybridized carbons (Fsp3) is 0.217. The second kappa shape index (κ2) is 7.71. The molecule has 1 aliphatic heterocycles. The number of ether oxygens (including phenoxy) is 1. The van der Waals surface area contributed by atoms with E-state index in [1.807, 2.05) is 42.5 Å². The van der Waals surface area contributed by atoms with Crippen LogP contribution in [0.15, 0.2) is 70.4 Å². The molecule has 0 bridgehead atoms. The topological polar surface area (TPSA) is 102 Å². The summed E-state index contributed by atoms with van der Waals surface area (Å²) in [5.74, 6) is 1.18. The minimum Gasteiger partial charge on any atom is -0.493 e. The zero-order chi connectivity index (χ0) is 21.4. The number of nitrogens with one attached hydrogen (secondary N) is 2. The first-order valence-electron chi connectivity index (χ1n) is 10.2. The van der Waals surface area contributed by atoms with Crippen molar-refractivity contribution < 1.29 is 4.74 Å². The number of rotatable bonds is 4. The highest BCUT2D eigenvalue weighted by Gasteiger charge is 2.22. The van der Waals surface area contributed by atoms with Crippen LogP contribution in [-0.4, -0.2) is 26.4 Å². The molecule has 8 heteroatoms. The minimum atomic E-state index is -0.512. The van der Waals surface area contributed by atoms with Crippen molar-refractivity contribution in [2.45, 2.75) is 25.4 Å². The molecule has 0 saturated heterocycles. The van der Waals surface area contributed by atoms with Gasteiger partial charge in [-0.05, 0) is 19.1 Å². The summed E-state index contributed by atoms with van der Waals surface area (Å²) in [5, 5.41) is 8.97. The van der Waals surface area contributed by atoms with Crippen molar-refractivity contribution in [2.24, 2.45) is 0 Å². The van der Waals surface area contributed by atoms with Gasteiger partial charge in [0.15, 0.2) is 0 Å². The van der Waals surface area contributed by atoms with E-state index in [0.717, 1.165) is 23.1 Å². The van der Waals surface area contributed by atoms with Crippen LogP contribution in [0.1, 0.15) is 36.7 Å². The molecular weight excluding hydrogens is 394 g/mol. The number of hydrogen-bond donors (Lipinski definition) is 2. The average Bonchev–Trinajstić information content (AvgIpc) is 2.79. The van der Waals surface area contributed by atoms with E-state index in [2.05, 4.69) is 20.4 Å². The van der Waals surface area contributed by atoms with Gasteiger partial charge in [-0.25, -0.2) is 9.67 Å². The number of benzene rings is 2. The Hall–Kier alpha value is -3.94. The lowest BCUT2D eigenvalue weighted by atomic mass is 10.0. The first-order valence-corrected chi connectivity index (χ1v) is 10.2. The summed E-state index contributed by atoms with van der Waals surface area (Å²) < 4.78 is 7.06. The van der Waals surface area contributed by atoms with Gasteiger partial charge in [-0.3, -0.25) is 14.6 Å². The lowest BCUT2D eigenvalue weighted by Crippen LogP contribution is -2.28. The first kappa shape index (κ1) is 19.0. The fourth-order valence-corrected chi connectivity index (χ4v) is 3.92. The number of aromatic amines is 1. The van der Waals surface area contributed by atoms with E-state index in [9.17, 15) is 9.59 Å². The van der Waals surface area contributed by atoms with Gasteiger partial charge in [0.25, 0.3) is 11.1 Å². The zero-order valence-corrected chi connectivity index (χ0v) is 16.9. The molecule has 156 valence electrons. The molecule has 2 aromatic carbocycles. The van der Waals surface area contributed by atoms with Crippen LogP contribution in [-0.2, 0) is 0 Å². The van der Waals surface area contributed by atoms with Crippen LogP contribution in [0, 0.1) is 0 Å². The van der Waals surface area contributed by atoms with E-state index in [1.165, 1.54) is 10.7 Å². The number of aromatic nitrogens is 4. The first-order chi connectivity index (χ1) is 15.1. The smallest absolute Gasteiger partial charge is 0.275 e. The van der Waals surface area contributed by atoms with Crippen LogP contribution in [0.4, 0.5) is 5.95 Å². The Morgan fingerprint density at radius 2 is 1.97 bits per heavy atom. The van der Waals surface area contributed by atoms with Crippen LogP contribution < -0.4 is 21.2 Å². The van der Waals surface area contributed by atoms with Crippen molar-refractivity contribution in [2.75, 3.05) is 11.9 Å². The molecule has 0 radical (unpaired) electrons. The molecule has 2 aromatic heterocycles. The Labute approximate surface area is 177 Å². The Morgan fingerprint density at radius 3 is 2.87 bits per heavy atom. The highest BCUT2D eigenvalue weighted by atomic mass is 16.5. The van der Waals surface area contributed by atoms with Gasteiger partial charge in [0, 0.05) is 23.4 Å². The van der Waals surface area contributed by atoms with Crippen molar-refractivity contribution >= 4 is 16.7 Å². The second-order valence-corrected chi connectivity index (χ2v) is 7.55. The molecule has 0 saturated carbocycles. The van der Waals surface area contributed by atoms with Crippen LogP contribution in [0.2, 0.25) is 0 Å². The van der Waals surface area contributed by atoms with E-state index in [4.69, 9.17) is 4.74 Å². The standard InChI is InChI=1S/C23H21N5O3/c1-14(28-22(30)16-7-3-2-6-15(16)13-24-28)19-12-21(29)27-23(26-19)25-18-10-11-31-20-9-5-4-8-17(18)20/h2-9,12-14,18H,10-11H2,1H3,(H2,25,26,27,29)/t14-,18+/m1/s1. The molecule has 0 fully saturated rings. The normalized spacial score (nSPS) is 16.4. The average molecular weight is 415 g/mol. The highest BCUT2D eigenvalue weighted by Crippen LogP contribution is 2.33. The van der Waals surface area contributed by atoms with Crippen LogP contribution in [0.3, 0.4) is 0 Å². The number of fused-ring (bicyclic) bond motifs is 2. The van der Waals surface area contributed by atoms with E-state index in [-0.39, 0.29) is 17.2 Å². The molecule has 31 heavy (non-hydrogen) atoms. The van der Waals surface area contributed by atoms with Gasteiger partial charge in [0.05, 0.1) is 36.0 Å². The number of para-hydroxylation sites is 1. The summed E-state index contributed by atoms with van der Waals surface area (Å²) in [4.78, 5) is 32.6. The highest BCUT2D eigenvalue weighted by molar-refractivity contribution is 5.80. The Kier molecular flexibility index (Phi) is 4.74. The quantitative estimate of drug-likeness (QED) is 0.531. The van der Waals surface area contributed by atoms with E-state index in [1.54, 1.807) is 19.2 Å². The Morgan fingerprint density at radius 1 is 1.16 bits per heavy atom. The largest absolute Gasteiger partial charge is 0.493 e. The van der Waals surface area contributed by atoms with Crippen molar-refractivity contribution in [1.82, 2.24) is 19.7 Å². The van der Waals surface area contributed by atoms with Gasteiger partial charge in [-0.1, -0.05) is 36.4 Å². The van der Waals surface area contributed by atoms with E-state index < -0.39 is 6.04 Å². The van der Waals surface area contributed by atoms with Gasteiger partial charge in [-0.2, -0.15) is 5.10 Å². The summed E-state index contributed by atoms with van der Waals surface area (Å²) in [6, 6.07) is 15.9. The van der Waals surface area contributed by atoms with Crippen LogP contribution in [0.5, 0.6) is 5.75 Å². The molecule has 3 heterocycles. The van der Waals surface area contributed by atoms with Crippen molar-refractivity contribution in [3.8, 4) is 5.75 Å². The van der Waals surface area contributed by atoms with E-state index >= 15 is 0 Å². The summed E-state index contributed by atoms with van der Waals surface area (Å²) in [6.45, 7) is 2.38. The maximum atomic E-state index is 12.9. The molecule has 8 nitrogen and oxygen atoms in total. The molecule has 1 aliphatic rings. The summed E-state index contributed by atoms with van der Waals surface area (Å²) >= 11 is 0.